The number of nitrogens with zero attached hydrogens (tertiary/aromatic N) is 3. The van der Waals surface area contributed by atoms with Gasteiger partial charge in [-0.05, 0) is 39.3 Å². The van der Waals surface area contributed by atoms with Crippen LogP contribution in [0.4, 0.5) is 0 Å². The average molecular weight is 260 g/mol. The molecule has 1 unspecified atom stereocenters. The van der Waals surface area contributed by atoms with Crippen LogP contribution in [0, 0.1) is 6.92 Å². The molecule has 1 aliphatic rings. The van der Waals surface area contributed by atoms with Crippen LogP contribution in [0.3, 0.4) is 0 Å². The summed E-state index contributed by atoms with van der Waals surface area (Å²) >= 11 is 1.77. The highest BCUT2D eigenvalue weighted by Crippen LogP contribution is 2.37. The lowest BCUT2D eigenvalue weighted by Crippen LogP contribution is -2.19. The molecule has 0 saturated heterocycles. The van der Waals surface area contributed by atoms with Crippen LogP contribution in [-0.4, -0.2) is 22.0 Å². The highest BCUT2D eigenvalue weighted by Gasteiger charge is 2.23. The van der Waals surface area contributed by atoms with Gasteiger partial charge in [-0.15, -0.1) is 11.3 Å². The van der Waals surface area contributed by atoms with Gasteiger partial charge in [0.2, 0.25) is 0 Å². The molecule has 94 valence electrons. The Kier molecular flexibility index (Phi) is 3.09. The van der Waals surface area contributed by atoms with Gasteiger partial charge in [0.1, 0.15) is 16.5 Å². The van der Waals surface area contributed by atoms with E-state index in [-0.39, 0.29) is 0 Å². The lowest BCUT2D eigenvalue weighted by Gasteiger charge is -2.19. The molecular formula is C13H16N4S. The summed E-state index contributed by atoms with van der Waals surface area (Å²) < 4.78 is 0. The van der Waals surface area contributed by atoms with Gasteiger partial charge in [0.15, 0.2) is 0 Å². The van der Waals surface area contributed by atoms with Crippen molar-refractivity contribution in [2.75, 3.05) is 7.05 Å². The summed E-state index contributed by atoms with van der Waals surface area (Å²) in [6.45, 7) is 1.91. The molecule has 18 heavy (non-hydrogen) atoms. The third kappa shape index (κ3) is 2.04. The molecule has 0 fully saturated rings. The lowest BCUT2D eigenvalue weighted by molar-refractivity contribution is 0.501. The fraction of sp³-hybridized carbons (Fsp3) is 0.462. The van der Waals surface area contributed by atoms with E-state index in [2.05, 4.69) is 15.3 Å². The Morgan fingerprint density at radius 3 is 3.06 bits per heavy atom. The molecule has 2 heterocycles. The summed E-state index contributed by atoms with van der Waals surface area (Å²) in [6, 6.07) is 2.40. The first-order chi connectivity index (χ1) is 8.78. The molecule has 0 aliphatic heterocycles. The molecule has 1 N–H and O–H groups in total. The van der Waals surface area contributed by atoms with Gasteiger partial charge in [-0.25, -0.2) is 15.0 Å². The molecule has 0 amide bonds. The van der Waals surface area contributed by atoms with Crippen molar-refractivity contribution in [2.24, 2.45) is 0 Å². The minimum atomic E-state index is 0.461. The van der Waals surface area contributed by atoms with Crippen LogP contribution in [-0.2, 0) is 6.42 Å². The SMILES string of the molecule is CNC1CCCc2nc(-c3ccnc(C)n3)sc21. The largest absolute Gasteiger partial charge is 0.312 e. The fourth-order valence-electron chi connectivity index (χ4n) is 2.38. The molecule has 2 aromatic rings. The third-order valence-corrected chi connectivity index (χ3v) is 4.53. The highest BCUT2D eigenvalue weighted by molar-refractivity contribution is 7.15. The summed E-state index contributed by atoms with van der Waals surface area (Å²) in [4.78, 5) is 14.7. The van der Waals surface area contributed by atoms with Crippen LogP contribution in [0.15, 0.2) is 12.3 Å². The highest BCUT2D eigenvalue weighted by atomic mass is 32.1. The summed E-state index contributed by atoms with van der Waals surface area (Å²) in [6.07, 6.45) is 5.31. The maximum Gasteiger partial charge on any atom is 0.142 e. The van der Waals surface area contributed by atoms with Gasteiger partial charge in [-0.3, -0.25) is 0 Å². The second kappa shape index (κ2) is 4.74. The number of fused-ring (bicyclic) bond motifs is 1. The molecule has 0 saturated carbocycles. The number of aryl methyl sites for hydroxylation is 2. The van der Waals surface area contributed by atoms with Crippen LogP contribution in [0.5, 0.6) is 0 Å². The first-order valence-corrected chi connectivity index (χ1v) is 7.06. The Morgan fingerprint density at radius 2 is 2.28 bits per heavy atom. The van der Waals surface area contributed by atoms with Crippen LogP contribution in [0.2, 0.25) is 0 Å². The normalized spacial score (nSPS) is 18.7. The predicted molar refractivity (Wildman–Crippen MR) is 72.6 cm³/mol. The van der Waals surface area contributed by atoms with Gasteiger partial charge in [0.25, 0.3) is 0 Å². The minimum Gasteiger partial charge on any atom is -0.312 e. The number of aromatic nitrogens is 3. The first-order valence-electron chi connectivity index (χ1n) is 6.25. The topological polar surface area (TPSA) is 50.7 Å². The predicted octanol–water partition coefficient (Wildman–Crippen LogP) is 2.51. The zero-order chi connectivity index (χ0) is 12.5. The molecule has 0 radical (unpaired) electrons. The second-order valence-electron chi connectivity index (χ2n) is 4.55. The van der Waals surface area contributed by atoms with E-state index in [0.29, 0.717) is 6.04 Å². The van der Waals surface area contributed by atoms with E-state index in [0.717, 1.165) is 22.9 Å². The summed E-state index contributed by atoms with van der Waals surface area (Å²) in [5.41, 5.74) is 2.19. The van der Waals surface area contributed by atoms with Gasteiger partial charge in [0, 0.05) is 17.1 Å². The van der Waals surface area contributed by atoms with E-state index >= 15 is 0 Å². The Balaban J connectivity index is 2.02. The second-order valence-corrected chi connectivity index (χ2v) is 5.58. The van der Waals surface area contributed by atoms with Gasteiger partial charge in [-0.2, -0.15) is 0 Å². The number of hydrogen-bond donors (Lipinski definition) is 1. The quantitative estimate of drug-likeness (QED) is 0.901. The molecule has 5 heteroatoms. The standard InChI is InChI=1S/C13H16N4S/c1-8-15-7-6-11(16-8)13-17-10-5-3-4-9(14-2)12(10)18-13/h6-7,9,14H,3-5H2,1-2H3. The van der Waals surface area contributed by atoms with Crippen LogP contribution in [0.25, 0.3) is 10.7 Å². The summed E-state index contributed by atoms with van der Waals surface area (Å²) in [5, 5.41) is 4.39. The van der Waals surface area contributed by atoms with Crippen molar-refractivity contribution in [2.45, 2.75) is 32.2 Å². The number of hydrogen-bond acceptors (Lipinski definition) is 5. The van der Waals surface area contributed by atoms with E-state index in [1.807, 2.05) is 20.0 Å². The van der Waals surface area contributed by atoms with Crippen molar-refractivity contribution < 1.29 is 0 Å². The van der Waals surface area contributed by atoms with E-state index in [4.69, 9.17) is 4.98 Å². The van der Waals surface area contributed by atoms with E-state index in [9.17, 15) is 0 Å². The van der Waals surface area contributed by atoms with Crippen molar-refractivity contribution in [3.63, 3.8) is 0 Å². The Bertz CT molecular complexity index is 564. The average Bonchev–Trinajstić information content (AvgIpc) is 2.82. The zero-order valence-corrected chi connectivity index (χ0v) is 11.4. The van der Waals surface area contributed by atoms with E-state index in [1.165, 1.54) is 23.4 Å². The monoisotopic (exact) mass is 260 g/mol. The van der Waals surface area contributed by atoms with Crippen LogP contribution in [0.1, 0.15) is 35.3 Å². The van der Waals surface area contributed by atoms with Crippen molar-refractivity contribution in [3.05, 3.63) is 28.7 Å². The zero-order valence-electron chi connectivity index (χ0n) is 10.6. The fourth-order valence-corrected chi connectivity index (χ4v) is 3.61. The number of thiazole rings is 1. The minimum absolute atomic E-state index is 0.461. The molecule has 1 aliphatic carbocycles. The van der Waals surface area contributed by atoms with E-state index in [1.54, 1.807) is 17.5 Å². The third-order valence-electron chi connectivity index (χ3n) is 3.29. The molecule has 0 aromatic carbocycles. The molecule has 0 spiro atoms. The molecule has 4 nitrogen and oxygen atoms in total. The van der Waals surface area contributed by atoms with Gasteiger partial charge in [0.05, 0.1) is 5.69 Å². The number of rotatable bonds is 2. The maximum absolute atomic E-state index is 4.75. The first kappa shape index (κ1) is 11.7. The van der Waals surface area contributed by atoms with Crippen LogP contribution >= 0.6 is 11.3 Å². The molecule has 0 bridgehead atoms. The van der Waals surface area contributed by atoms with Gasteiger partial charge >= 0.3 is 0 Å². The van der Waals surface area contributed by atoms with Crippen molar-refractivity contribution >= 4 is 11.3 Å². The van der Waals surface area contributed by atoms with Gasteiger partial charge < -0.3 is 5.32 Å². The molecule has 2 aromatic heterocycles. The van der Waals surface area contributed by atoms with Crippen LogP contribution < -0.4 is 5.32 Å². The van der Waals surface area contributed by atoms with Crippen molar-refractivity contribution in [1.29, 1.82) is 0 Å². The summed E-state index contributed by atoms with van der Waals surface area (Å²) in [7, 11) is 2.02. The Morgan fingerprint density at radius 1 is 1.39 bits per heavy atom. The molecular weight excluding hydrogens is 244 g/mol. The van der Waals surface area contributed by atoms with Crippen molar-refractivity contribution in [3.8, 4) is 10.7 Å². The van der Waals surface area contributed by atoms with Crippen molar-refractivity contribution in [1.82, 2.24) is 20.3 Å². The Labute approximate surface area is 111 Å². The molecule has 3 rings (SSSR count). The molecule has 1 atom stereocenters. The maximum atomic E-state index is 4.75. The van der Waals surface area contributed by atoms with Gasteiger partial charge in [-0.1, -0.05) is 0 Å². The smallest absolute Gasteiger partial charge is 0.142 e. The lowest BCUT2D eigenvalue weighted by atomic mass is 9.98. The van der Waals surface area contributed by atoms with E-state index < -0.39 is 0 Å². The summed E-state index contributed by atoms with van der Waals surface area (Å²) in [5.74, 6) is 0.797. The Hall–Kier alpha value is -1.33. The number of nitrogens with one attached hydrogen (secondary N) is 1.